The summed E-state index contributed by atoms with van der Waals surface area (Å²) in [5.41, 5.74) is 0. The van der Waals surface area contributed by atoms with Crippen LogP contribution in [0.5, 0.6) is 5.75 Å². The van der Waals surface area contributed by atoms with E-state index in [0.717, 1.165) is 17.3 Å². The van der Waals surface area contributed by atoms with Crippen molar-refractivity contribution in [2.24, 2.45) is 0 Å². The fraction of sp³-hybridized carbons (Fsp3) is 0.429. The molecule has 0 heterocycles. The first kappa shape index (κ1) is 16.5. The number of carboxylic acids is 1. The molecule has 0 radical (unpaired) electrons. The quantitative estimate of drug-likeness (QED) is 0.675. The maximum Gasteiger partial charge on any atom is 0.303 e. The molecule has 0 saturated heterocycles. The third-order valence-electron chi connectivity index (χ3n) is 2.59. The Kier molecular flexibility index (Phi) is 7.72. The van der Waals surface area contributed by atoms with Gasteiger partial charge < -0.3 is 15.2 Å². The molecule has 20 heavy (non-hydrogen) atoms. The van der Waals surface area contributed by atoms with E-state index in [-0.39, 0.29) is 18.9 Å². The lowest BCUT2D eigenvalue weighted by molar-refractivity contribution is -0.137. The van der Waals surface area contributed by atoms with Gasteiger partial charge in [0, 0.05) is 13.0 Å². The van der Waals surface area contributed by atoms with Crippen molar-refractivity contribution < 1.29 is 19.4 Å². The predicted molar refractivity (Wildman–Crippen MR) is 78.8 cm³/mol. The number of nitrogens with one attached hydrogen (secondary N) is 1. The molecule has 5 nitrogen and oxygen atoms in total. The lowest BCUT2D eigenvalue weighted by atomic mass is 10.2. The third kappa shape index (κ3) is 7.13. The first-order valence-corrected chi connectivity index (χ1v) is 7.24. The highest BCUT2D eigenvalue weighted by Crippen LogP contribution is 2.23. The summed E-state index contributed by atoms with van der Waals surface area (Å²) in [6.45, 7) is 0.509. The van der Waals surface area contributed by atoms with Crippen molar-refractivity contribution >= 4 is 27.8 Å². The number of aliphatic carboxylic acids is 1. The number of hydrogen-bond donors (Lipinski definition) is 2. The molecule has 1 rings (SSSR count). The van der Waals surface area contributed by atoms with Gasteiger partial charge in [-0.25, -0.2) is 0 Å². The molecule has 1 aromatic rings. The average molecular weight is 344 g/mol. The van der Waals surface area contributed by atoms with Crippen molar-refractivity contribution in [3.8, 4) is 5.75 Å². The number of ether oxygens (including phenoxy) is 1. The first-order valence-electron chi connectivity index (χ1n) is 6.45. The standard InChI is InChI=1S/C14H18BrNO4/c15-11-6-3-4-7-12(11)20-10-13(17)16-9-5-1-2-8-14(18)19/h3-4,6-7H,1-2,5,8-10H2,(H,16,17)(H,18,19). The van der Waals surface area contributed by atoms with Crippen molar-refractivity contribution in [3.05, 3.63) is 28.7 Å². The second-order valence-electron chi connectivity index (χ2n) is 4.27. The number of benzene rings is 1. The van der Waals surface area contributed by atoms with Crippen molar-refractivity contribution in [2.75, 3.05) is 13.2 Å². The van der Waals surface area contributed by atoms with Gasteiger partial charge in [0.2, 0.25) is 0 Å². The van der Waals surface area contributed by atoms with Gasteiger partial charge in [0.1, 0.15) is 5.75 Å². The number of unbranched alkanes of at least 4 members (excludes halogenated alkanes) is 2. The highest BCUT2D eigenvalue weighted by molar-refractivity contribution is 9.10. The molecule has 2 N–H and O–H groups in total. The van der Waals surface area contributed by atoms with E-state index in [0.29, 0.717) is 18.7 Å². The van der Waals surface area contributed by atoms with E-state index in [4.69, 9.17) is 9.84 Å². The molecule has 0 saturated carbocycles. The molecule has 1 aromatic carbocycles. The lowest BCUT2D eigenvalue weighted by Crippen LogP contribution is -2.29. The molecule has 0 fully saturated rings. The van der Waals surface area contributed by atoms with Gasteiger partial charge >= 0.3 is 5.97 Å². The zero-order valence-corrected chi connectivity index (χ0v) is 12.7. The number of rotatable bonds is 9. The summed E-state index contributed by atoms with van der Waals surface area (Å²) in [5.74, 6) is -0.334. The normalized spacial score (nSPS) is 10.1. The molecule has 0 atom stereocenters. The number of carbonyl (C=O) groups excluding carboxylic acids is 1. The summed E-state index contributed by atoms with van der Waals surface area (Å²) in [6, 6.07) is 7.33. The van der Waals surface area contributed by atoms with Gasteiger partial charge in [-0.05, 0) is 40.9 Å². The molecule has 0 bridgehead atoms. The first-order chi connectivity index (χ1) is 9.59. The van der Waals surface area contributed by atoms with Crippen molar-refractivity contribution in [1.82, 2.24) is 5.32 Å². The highest BCUT2D eigenvalue weighted by Gasteiger charge is 2.04. The van der Waals surface area contributed by atoms with Crippen molar-refractivity contribution in [3.63, 3.8) is 0 Å². The number of amides is 1. The van der Waals surface area contributed by atoms with Crippen LogP contribution in [0.4, 0.5) is 0 Å². The maximum atomic E-state index is 11.5. The van der Waals surface area contributed by atoms with Gasteiger partial charge in [0.15, 0.2) is 6.61 Å². The Hall–Kier alpha value is -1.56. The zero-order valence-electron chi connectivity index (χ0n) is 11.1. The van der Waals surface area contributed by atoms with Gasteiger partial charge in [0.05, 0.1) is 4.47 Å². The number of carboxylic acid groups (broad SMARTS) is 1. The molecule has 0 aromatic heterocycles. The second-order valence-corrected chi connectivity index (χ2v) is 5.13. The summed E-state index contributed by atoms with van der Waals surface area (Å²) < 4.78 is 6.18. The van der Waals surface area contributed by atoms with Crippen LogP contribution in [0, 0.1) is 0 Å². The molecular formula is C14H18BrNO4. The Bertz CT molecular complexity index is 451. The van der Waals surface area contributed by atoms with Crippen LogP contribution in [0.1, 0.15) is 25.7 Å². The SMILES string of the molecule is O=C(O)CCCCCNC(=O)COc1ccccc1Br. The van der Waals surface area contributed by atoms with E-state index < -0.39 is 5.97 Å². The van der Waals surface area contributed by atoms with E-state index in [1.165, 1.54) is 0 Å². The van der Waals surface area contributed by atoms with Crippen LogP contribution in [0.15, 0.2) is 28.7 Å². The summed E-state index contributed by atoms with van der Waals surface area (Å²) in [5, 5.41) is 11.2. The molecule has 0 spiro atoms. The van der Waals surface area contributed by atoms with Gasteiger partial charge in [0.25, 0.3) is 5.91 Å². The third-order valence-corrected chi connectivity index (χ3v) is 3.24. The van der Waals surface area contributed by atoms with Gasteiger partial charge in [-0.3, -0.25) is 9.59 Å². The Labute approximate surface area is 126 Å². The molecule has 0 unspecified atom stereocenters. The molecule has 6 heteroatoms. The maximum absolute atomic E-state index is 11.5. The van der Waals surface area contributed by atoms with Crippen LogP contribution in [-0.2, 0) is 9.59 Å². The molecule has 0 aliphatic heterocycles. The minimum Gasteiger partial charge on any atom is -0.483 e. The molecule has 0 aliphatic rings. The molecule has 110 valence electrons. The molecule has 1 amide bonds. The smallest absolute Gasteiger partial charge is 0.303 e. The van der Waals surface area contributed by atoms with E-state index in [2.05, 4.69) is 21.2 Å². The molecule has 0 aliphatic carbocycles. The fourth-order valence-corrected chi connectivity index (χ4v) is 1.96. The van der Waals surface area contributed by atoms with Crippen LogP contribution in [0.3, 0.4) is 0 Å². The van der Waals surface area contributed by atoms with Crippen molar-refractivity contribution in [1.29, 1.82) is 0 Å². The molecular weight excluding hydrogens is 326 g/mol. The fourth-order valence-electron chi connectivity index (χ4n) is 1.56. The van der Waals surface area contributed by atoms with Gasteiger partial charge in [-0.1, -0.05) is 18.6 Å². The van der Waals surface area contributed by atoms with Crippen LogP contribution in [0.2, 0.25) is 0 Å². The Morgan fingerprint density at radius 3 is 2.65 bits per heavy atom. The number of halogens is 1. The van der Waals surface area contributed by atoms with Crippen LogP contribution < -0.4 is 10.1 Å². The minimum absolute atomic E-state index is 0.0300. The topological polar surface area (TPSA) is 75.6 Å². The van der Waals surface area contributed by atoms with Crippen LogP contribution in [0.25, 0.3) is 0 Å². The highest BCUT2D eigenvalue weighted by atomic mass is 79.9. The monoisotopic (exact) mass is 343 g/mol. The number of hydrogen-bond acceptors (Lipinski definition) is 3. The summed E-state index contributed by atoms with van der Waals surface area (Å²) in [7, 11) is 0. The largest absolute Gasteiger partial charge is 0.483 e. The summed E-state index contributed by atoms with van der Waals surface area (Å²) in [6.07, 6.45) is 2.38. The van der Waals surface area contributed by atoms with E-state index in [1.54, 1.807) is 6.07 Å². The van der Waals surface area contributed by atoms with E-state index >= 15 is 0 Å². The van der Waals surface area contributed by atoms with Crippen molar-refractivity contribution in [2.45, 2.75) is 25.7 Å². The van der Waals surface area contributed by atoms with Crippen LogP contribution >= 0.6 is 15.9 Å². The zero-order chi connectivity index (χ0) is 14.8. The Balaban J connectivity index is 2.09. The minimum atomic E-state index is -0.782. The summed E-state index contributed by atoms with van der Waals surface area (Å²) >= 11 is 3.33. The average Bonchev–Trinajstić information content (AvgIpc) is 2.41. The summed E-state index contributed by atoms with van der Waals surface area (Å²) in [4.78, 5) is 21.8. The lowest BCUT2D eigenvalue weighted by Gasteiger charge is -2.08. The van der Waals surface area contributed by atoms with E-state index in [1.807, 2.05) is 18.2 Å². The second kappa shape index (κ2) is 9.36. The number of para-hydroxylation sites is 1. The van der Waals surface area contributed by atoms with Crippen LogP contribution in [-0.4, -0.2) is 30.1 Å². The van der Waals surface area contributed by atoms with Gasteiger partial charge in [-0.2, -0.15) is 0 Å². The predicted octanol–water partition coefficient (Wildman–Crippen LogP) is 2.59. The Morgan fingerprint density at radius 1 is 1.20 bits per heavy atom. The van der Waals surface area contributed by atoms with Gasteiger partial charge in [-0.15, -0.1) is 0 Å². The Morgan fingerprint density at radius 2 is 1.95 bits per heavy atom. The number of carbonyl (C=O) groups is 2. The van der Waals surface area contributed by atoms with E-state index in [9.17, 15) is 9.59 Å².